The number of carboxylic acid groups (broad SMARTS) is 2. The van der Waals surface area contributed by atoms with Crippen LogP contribution in [0.3, 0.4) is 0 Å². The van der Waals surface area contributed by atoms with Gasteiger partial charge in [0.15, 0.2) is 0 Å². The normalized spacial score (nSPS) is 11.9. The highest BCUT2D eigenvalue weighted by molar-refractivity contribution is 6.51. The number of nitrogens with one attached hydrogen (secondary N) is 1. The molecule has 140 valence electrons. The number of carbonyl (C=O) groups is 4. The smallest absolute Gasteiger partial charge is 0.307 e. The highest BCUT2D eigenvalue weighted by atomic mass is 16.4. The number of carboxylic acids is 2. The maximum atomic E-state index is 11.0. The SMILES string of the molecule is Cc1cc(CC(=O)O)c(O)cc1CC(=O)O.O=C1Nc2ccccc2C1=O. The third kappa shape index (κ3) is 4.91. The summed E-state index contributed by atoms with van der Waals surface area (Å²) < 4.78 is 0. The number of phenolic OH excluding ortho intramolecular Hbond substituents is 1. The summed E-state index contributed by atoms with van der Waals surface area (Å²) in [7, 11) is 0. The molecule has 0 aromatic heterocycles. The van der Waals surface area contributed by atoms with Gasteiger partial charge in [-0.25, -0.2) is 0 Å². The Bertz CT molecular complexity index is 892. The molecule has 0 saturated carbocycles. The number of Topliss-reactive ketones (excluding diaryl/α,β-unsaturated/α-hetero) is 1. The number of aliphatic carboxylic acids is 2. The molecule has 0 unspecified atom stereocenters. The van der Waals surface area contributed by atoms with Gasteiger partial charge in [-0.15, -0.1) is 0 Å². The van der Waals surface area contributed by atoms with Crippen LogP contribution < -0.4 is 5.32 Å². The first-order valence-corrected chi connectivity index (χ1v) is 7.88. The molecule has 0 fully saturated rings. The number of ketones is 1. The molecular weight excluding hydrogens is 354 g/mol. The van der Waals surface area contributed by atoms with Crippen LogP contribution in [0.25, 0.3) is 0 Å². The van der Waals surface area contributed by atoms with Crippen LogP contribution in [0.1, 0.15) is 27.0 Å². The minimum Gasteiger partial charge on any atom is -0.508 e. The zero-order valence-corrected chi connectivity index (χ0v) is 14.4. The van der Waals surface area contributed by atoms with E-state index in [0.717, 1.165) is 0 Å². The van der Waals surface area contributed by atoms with E-state index in [-0.39, 0.29) is 18.6 Å². The monoisotopic (exact) mass is 371 g/mol. The van der Waals surface area contributed by atoms with Crippen molar-refractivity contribution in [1.29, 1.82) is 0 Å². The number of aromatic hydroxyl groups is 1. The minimum absolute atomic E-state index is 0.177. The van der Waals surface area contributed by atoms with Crippen LogP contribution in [0.5, 0.6) is 5.75 Å². The fraction of sp³-hybridized carbons (Fsp3) is 0.158. The zero-order chi connectivity index (χ0) is 20.1. The fourth-order valence-corrected chi connectivity index (χ4v) is 2.55. The third-order valence-corrected chi connectivity index (χ3v) is 3.85. The van der Waals surface area contributed by atoms with Crippen LogP contribution in [0, 0.1) is 6.92 Å². The topological polar surface area (TPSA) is 141 Å². The summed E-state index contributed by atoms with van der Waals surface area (Å²) in [5, 5.41) is 29.2. The summed E-state index contributed by atoms with van der Waals surface area (Å²) in [6.07, 6.45) is -0.466. The molecule has 1 aliphatic heterocycles. The number of amides is 1. The Morgan fingerprint density at radius 3 is 2.15 bits per heavy atom. The van der Waals surface area contributed by atoms with Gasteiger partial charge in [-0.1, -0.05) is 18.2 Å². The van der Waals surface area contributed by atoms with Crippen molar-refractivity contribution in [2.75, 3.05) is 5.32 Å². The van der Waals surface area contributed by atoms with E-state index in [1.54, 1.807) is 31.2 Å². The van der Waals surface area contributed by atoms with Crippen LogP contribution in [0.4, 0.5) is 5.69 Å². The second-order valence-corrected chi connectivity index (χ2v) is 5.88. The molecule has 0 spiro atoms. The Kier molecular flexibility index (Phi) is 5.92. The lowest BCUT2D eigenvalue weighted by Crippen LogP contribution is -2.12. The molecular formula is C19H17NO7. The highest BCUT2D eigenvalue weighted by Crippen LogP contribution is 2.23. The summed E-state index contributed by atoms with van der Waals surface area (Å²) in [6, 6.07) is 9.66. The summed E-state index contributed by atoms with van der Waals surface area (Å²) in [6.45, 7) is 1.68. The molecule has 2 aromatic rings. The van der Waals surface area contributed by atoms with E-state index in [0.29, 0.717) is 27.9 Å². The molecule has 0 radical (unpaired) electrons. The van der Waals surface area contributed by atoms with Crippen molar-refractivity contribution in [3.8, 4) is 5.75 Å². The number of rotatable bonds is 4. The van der Waals surface area contributed by atoms with Crippen molar-refractivity contribution in [3.63, 3.8) is 0 Å². The number of benzene rings is 2. The van der Waals surface area contributed by atoms with E-state index in [9.17, 15) is 24.3 Å². The lowest BCUT2D eigenvalue weighted by Gasteiger charge is -2.08. The molecule has 8 nitrogen and oxygen atoms in total. The third-order valence-electron chi connectivity index (χ3n) is 3.85. The van der Waals surface area contributed by atoms with Crippen LogP contribution in [0.2, 0.25) is 0 Å². The minimum atomic E-state index is -1.04. The molecule has 2 aromatic carbocycles. The lowest BCUT2D eigenvalue weighted by molar-refractivity contribution is -0.137. The predicted octanol–water partition coefficient (Wildman–Crippen LogP) is 1.78. The number of carbonyl (C=O) groups excluding carboxylic acids is 2. The van der Waals surface area contributed by atoms with Gasteiger partial charge < -0.3 is 20.6 Å². The number of para-hydroxylation sites is 1. The molecule has 3 rings (SSSR count). The van der Waals surface area contributed by atoms with Crippen molar-refractivity contribution >= 4 is 29.3 Å². The van der Waals surface area contributed by atoms with Gasteiger partial charge in [-0.05, 0) is 36.2 Å². The van der Waals surface area contributed by atoms with Crippen LogP contribution >= 0.6 is 0 Å². The maximum Gasteiger partial charge on any atom is 0.307 e. The molecule has 27 heavy (non-hydrogen) atoms. The van der Waals surface area contributed by atoms with Gasteiger partial charge in [0, 0.05) is 5.56 Å². The number of phenols is 1. The molecule has 1 amide bonds. The van der Waals surface area contributed by atoms with Crippen molar-refractivity contribution in [3.05, 3.63) is 58.7 Å². The molecule has 1 heterocycles. The van der Waals surface area contributed by atoms with Crippen molar-refractivity contribution in [2.45, 2.75) is 19.8 Å². The second kappa shape index (κ2) is 8.13. The maximum absolute atomic E-state index is 11.0. The Balaban J connectivity index is 0.000000206. The predicted molar refractivity (Wildman–Crippen MR) is 94.9 cm³/mol. The van der Waals surface area contributed by atoms with Crippen molar-refractivity contribution in [2.24, 2.45) is 0 Å². The number of hydrogen-bond donors (Lipinski definition) is 4. The first kappa shape index (κ1) is 19.6. The van der Waals surface area contributed by atoms with E-state index in [4.69, 9.17) is 10.2 Å². The lowest BCUT2D eigenvalue weighted by atomic mass is 10.00. The number of fused-ring (bicyclic) bond motifs is 1. The number of hydrogen-bond acceptors (Lipinski definition) is 5. The van der Waals surface area contributed by atoms with Gasteiger partial charge in [0.25, 0.3) is 11.7 Å². The molecule has 1 aliphatic rings. The van der Waals surface area contributed by atoms with E-state index in [1.807, 2.05) is 0 Å². The van der Waals surface area contributed by atoms with Gasteiger partial charge in [0.2, 0.25) is 0 Å². The van der Waals surface area contributed by atoms with Gasteiger partial charge >= 0.3 is 11.9 Å². The largest absolute Gasteiger partial charge is 0.508 e. The van der Waals surface area contributed by atoms with Gasteiger partial charge in [0.05, 0.1) is 24.1 Å². The summed E-state index contributed by atoms with van der Waals surface area (Å²) in [5.41, 5.74) is 2.52. The van der Waals surface area contributed by atoms with E-state index in [2.05, 4.69) is 5.32 Å². The fourth-order valence-electron chi connectivity index (χ4n) is 2.55. The summed E-state index contributed by atoms with van der Waals surface area (Å²) >= 11 is 0. The Morgan fingerprint density at radius 1 is 0.963 bits per heavy atom. The van der Waals surface area contributed by atoms with E-state index < -0.39 is 23.6 Å². The van der Waals surface area contributed by atoms with Crippen molar-refractivity contribution < 1.29 is 34.5 Å². The first-order valence-electron chi connectivity index (χ1n) is 7.88. The molecule has 0 saturated heterocycles. The van der Waals surface area contributed by atoms with Gasteiger partial charge in [0.1, 0.15) is 5.75 Å². The Labute approximate surface area is 154 Å². The Morgan fingerprint density at radius 2 is 1.56 bits per heavy atom. The average molecular weight is 371 g/mol. The number of anilines is 1. The average Bonchev–Trinajstić information content (AvgIpc) is 2.87. The molecule has 8 heteroatoms. The standard InChI is InChI=1S/C11H12O5.C8H5NO2/c1-6-2-8(5-11(15)16)9(12)3-7(6)4-10(13)14;10-7-5-3-1-2-4-6(5)9-8(7)11/h2-3,12H,4-5H2,1H3,(H,13,14)(H,15,16);1-4H,(H,9,10,11). The Hall–Kier alpha value is -3.68. The van der Waals surface area contributed by atoms with E-state index in [1.165, 1.54) is 12.1 Å². The zero-order valence-electron chi connectivity index (χ0n) is 14.4. The van der Waals surface area contributed by atoms with Crippen LogP contribution in [-0.2, 0) is 27.2 Å². The van der Waals surface area contributed by atoms with Crippen LogP contribution in [0.15, 0.2) is 36.4 Å². The molecule has 4 N–H and O–H groups in total. The molecule has 0 bridgehead atoms. The number of aryl methyl sites for hydroxylation is 1. The highest BCUT2D eigenvalue weighted by Gasteiger charge is 2.26. The van der Waals surface area contributed by atoms with Crippen LogP contribution in [-0.4, -0.2) is 38.9 Å². The second-order valence-electron chi connectivity index (χ2n) is 5.88. The molecule has 0 atom stereocenters. The quantitative estimate of drug-likeness (QED) is 0.600. The summed E-state index contributed by atoms with van der Waals surface area (Å²) in [4.78, 5) is 42.8. The molecule has 0 aliphatic carbocycles. The summed E-state index contributed by atoms with van der Waals surface area (Å²) in [5.74, 6) is -3.19. The van der Waals surface area contributed by atoms with Gasteiger partial charge in [-0.3, -0.25) is 19.2 Å². The van der Waals surface area contributed by atoms with E-state index >= 15 is 0 Å². The van der Waals surface area contributed by atoms with Gasteiger partial charge in [-0.2, -0.15) is 0 Å². The van der Waals surface area contributed by atoms with Crippen molar-refractivity contribution in [1.82, 2.24) is 0 Å². The first-order chi connectivity index (χ1) is 12.7.